The van der Waals surface area contributed by atoms with Crippen molar-refractivity contribution in [1.82, 2.24) is 0 Å². The van der Waals surface area contributed by atoms with Gasteiger partial charge in [-0.15, -0.1) is 0 Å². The molecule has 2 aliphatic rings. The van der Waals surface area contributed by atoms with E-state index in [0.29, 0.717) is 31.1 Å². The zero-order valence-corrected chi connectivity index (χ0v) is 16.2. The lowest BCUT2D eigenvalue weighted by atomic mass is 10.1. The SMILES string of the molecule is CC(C)(C)[Si](C)(C)OCC1=Cc2c(F)cc(OC3COC3)cc2C1. The number of ether oxygens (including phenoxy) is 2. The van der Waals surface area contributed by atoms with E-state index in [4.69, 9.17) is 13.9 Å². The molecule has 1 aliphatic heterocycles. The normalized spacial score (nSPS) is 18.2. The predicted molar refractivity (Wildman–Crippen MR) is 96.5 cm³/mol. The molecule has 0 atom stereocenters. The van der Waals surface area contributed by atoms with E-state index < -0.39 is 8.32 Å². The Hall–Kier alpha value is -1.17. The zero-order chi connectivity index (χ0) is 17.5. The molecule has 1 aromatic rings. The van der Waals surface area contributed by atoms with Gasteiger partial charge in [0.05, 0.1) is 19.8 Å². The van der Waals surface area contributed by atoms with E-state index in [1.807, 2.05) is 12.1 Å². The summed E-state index contributed by atoms with van der Waals surface area (Å²) in [5, 5.41) is 0.177. The Morgan fingerprint density at radius 1 is 1.25 bits per heavy atom. The third-order valence-electron chi connectivity index (χ3n) is 5.29. The van der Waals surface area contributed by atoms with Crippen LogP contribution in [0.4, 0.5) is 4.39 Å². The Bertz CT molecular complexity index is 657. The van der Waals surface area contributed by atoms with E-state index in [0.717, 1.165) is 17.6 Å². The van der Waals surface area contributed by atoms with Crippen molar-refractivity contribution in [1.29, 1.82) is 0 Å². The van der Waals surface area contributed by atoms with Crippen LogP contribution in [0.5, 0.6) is 5.75 Å². The summed E-state index contributed by atoms with van der Waals surface area (Å²) < 4.78 is 31.5. The van der Waals surface area contributed by atoms with Crippen LogP contribution in [0.3, 0.4) is 0 Å². The fourth-order valence-corrected chi connectivity index (χ4v) is 3.56. The number of halogens is 1. The third-order valence-corrected chi connectivity index (χ3v) is 9.77. The first-order valence-electron chi connectivity index (χ1n) is 8.56. The minimum Gasteiger partial charge on any atom is -0.485 e. The Kier molecular flexibility index (Phi) is 4.62. The average molecular weight is 351 g/mol. The number of benzene rings is 1. The van der Waals surface area contributed by atoms with Crippen LogP contribution in [0.15, 0.2) is 17.7 Å². The highest BCUT2D eigenvalue weighted by Gasteiger charge is 2.37. The summed E-state index contributed by atoms with van der Waals surface area (Å²) >= 11 is 0. The van der Waals surface area contributed by atoms with Crippen LogP contribution >= 0.6 is 0 Å². The van der Waals surface area contributed by atoms with Gasteiger partial charge in [0.2, 0.25) is 0 Å². The minimum atomic E-state index is -1.79. The first kappa shape index (κ1) is 17.6. The van der Waals surface area contributed by atoms with Crippen LogP contribution in [0.1, 0.15) is 31.9 Å². The van der Waals surface area contributed by atoms with Gasteiger partial charge in [-0.3, -0.25) is 0 Å². The van der Waals surface area contributed by atoms with Crippen molar-refractivity contribution >= 4 is 14.4 Å². The minimum absolute atomic E-state index is 0.0539. The lowest BCUT2D eigenvalue weighted by molar-refractivity contribution is -0.0797. The highest BCUT2D eigenvalue weighted by Crippen LogP contribution is 2.38. The summed E-state index contributed by atoms with van der Waals surface area (Å²) in [7, 11) is -1.79. The molecule has 0 radical (unpaired) electrons. The molecule has 0 saturated carbocycles. The van der Waals surface area contributed by atoms with Crippen LogP contribution in [0.25, 0.3) is 6.08 Å². The molecule has 0 unspecified atom stereocenters. The van der Waals surface area contributed by atoms with Gasteiger partial charge < -0.3 is 13.9 Å². The monoisotopic (exact) mass is 350 g/mol. The fraction of sp³-hybridized carbons (Fsp3) is 0.579. The van der Waals surface area contributed by atoms with Gasteiger partial charge in [0.15, 0.2) is 8.32 Å². The standard InChI is InChI=1S/C19H27FO3Si/c1-19(2,3)24(4,5)22-10-13-6-14-8-15(23-16-11-21-12-16)9-18(20)17(14)7-13/h7-9,16H,6,10-12H2,1-5H3. The second-order valence-corrected chi connectivity index (χ2v) is 13.1. The number of fused-ring (bicyclic) bond motifs is 1. The molecule has 5 heteroatoms. The molecule has 1 fully saturated rings. The molecule has 1 aliphatic carbocycles. The van der Waals surface area contributed by atoms with Gasteiger partial charge in [0, 0.05) is 11.6 Å². The maximum atomic E-state index is 14.4. The number of hydrogen-bond donors (Lipinski definition) is 0. The molecular weight excluding hydrogens is 323 g/mol. The van der Waals surface area contributed by atoms with Crippen molar-refractivity contribution < 1.29 is 18.3 Å². The van der Waals surface area contributed by atoms with Crippen LogP contribution in [0, 0.1) is 5.82 Å². The highest BCUT2D eigenvalue weighted by atomic mass is 28.4. The Morgan fingerprint density at radius 3 is 2.54 bits per heavy atom. The van der Waals surface area contributed by atoms with Crippen LogP contribution in [0.2, 0.25) is 18.1 Å². The Balaban J connectivity index is 1.66. The smallest absolute Gasteiger partial charge is 0.192 e. The quantitative estimate of drug-likeness (QED) is 0.728. The second kappa shape index (κ2) is 6.28. The largest absolute Gasteiger partial charge is 0.485 e. The lowest BCUT2D eigenvalue weighted by Gasteiger charge is -2.36. The summed E-state index contributed by atoms with van der Waals surface area (Å²) in [6, 6.07) is 3.43. The average Bonchev–Trinajstić information content (AvgIpc) is 2.83. The van der Waals surface area contributed by atoms with Crippen molar-refractivity contribution in [2.75, 3.05) is 19.8 Å². The molecule has 0 bridgehead atoms. The molecular formula is C19H27FO3Si. The summed E-state index contributed by atoms with van der Waals surface area (Å²) in [5.74, 6) is 0.379. The number of hydrogen-bond acceptors (Lipinski definition) is 3. The molecule has 0 amide bonds. The molecule has 0 spiro atoms. The molecule has 132 valence electrons. The van der Waals surface area contributed by atoms with Gasteiger partial charge in [-0.05, 0) is 47.8 Å². The summed E-state index contributed by atoms with van der Waals surface area (Å²) in [6.45, 7) is 12.9. The van der Waals surface area contributed by atoms with E-state index in [1.165, 1.54) is 6.07 Å². The maximum absolute atomic E-state index is 14.4. The van der Waals surface area contributed by atoms with Gasteiger partial charge in [-0.25, -0.2) is 4.39 Å². The molecule has 0 aromatic heterocycles. The van der Waals surface area contributed by atoms with Gasteiger partial charge in [-0.2, -0.15) is 0 Å². The zero-order valence-electron chi connectivity index (χ0n) is 15.2. The van der Waals surface area contributed by atoms with Crippen LogP contribution in [-0.4, -0.2) is 34.2 Å². The second-order valence-electron chi connectivity index (χ2n) is 8.28. The van der Waals surface area contributed by atoms with Crippen molar-refractivity contribution in [2.24, 2.45) is 0 Å². The van der Waals surface area contributed by atoms with Crippen molar-refractivity contribution in [3.63, 3.8) is 0 Å². The van der Waals surface area contributed by atoms with Crippen molar-refractivity contribution in [3.05, 3.63) is 34.6 Å². The Labute approximate surface area is 144 Å². The molecule has 24 heavy (non-hydrogen) atoms. The maximum Gasteiger partial charge on any atom is 0.192 e. The summed E-state index contributed by atoms with van der Waals surface area (Å²) in [4.78, 5) is 0. The summed E-state index contributed by atoms with van der Waals surface area (Å²) in [6.07, 6.45) is 2.73. The molecule has 0 N–H and O–H groups in total. The topological polar surface area (TPSA) is 27.7 Å². The third kappa shape index (κ3) is 3.58. The van der Waals surface area contributed by atoms with Gasteiger partial charge in [-0.1, -0.05) is 20.8 Å². The molecule has 3 nitrogen and oxygen atoms in total. The lowest BCUT2D eigenvalue weighted by Crippen LogP contribution is -2.41. The molecule has 1 saturated heterocycles. The molecule has 1 heterocycles. The van der Waals surface area contributed by atoms with Crippen molar-refractivity contribution in [3.8, 4) is 5.75 Å². The van der Waals surface area contributed by atoms with E-state index in [1.54, 1.807) is 0 Å². The van der Waals surface area contributed by atoms with Gasteiger partial charge in [0.25, 0.3) is 0 Å². The first-order chi connectivity index (χ1) is 11.2. The number of rotatable bonds is 5. The van der Waals surface area contributed by atoms with E-state index >= 15 is 0 Å². The fourth-order valence-electron chi connectivity index (χ4n) is 2.58. The van der Waals surface area contributed by atoms with E-state index in [2.05, 4.69) is 33.9 Å². The highest BCUT2D eigenvalue weighted by molar-refractivity contribution is 6.74. The van der Waals surface area contributed by atoms with E-state index in [-0.39, 0.29) is 17.0 Å². The Morgan fingerprint density at radius 2 is 1.96 bits per heavy atom. The van der Waals surface area contributed by atoms with Gasteiger partial charge >= 0.3 is 0 Å². The summed E-state index contributed by atoms with van der Waals surface area (Å²) in [5.41, 5.74) is 2.80. The van der Waals surface area contributed by atoms with Gasteiger partial charge in [0.1, 0.15) is 17.7 Å². The first-order valence-corrected chi connectivity index (χ1v) is 11.5. The molecule has 1 aromatic carbocycles. The molecule has 3 rings (SSSR count). The predicted octanol–water partition coefficient (Wildman–Crippen LogP) is 4.56. The van der Waals surface area contributed by atoms with Crippen molar-refractivity contribution in [2.45, 2.75) is 51.4 Å². The van der Waals surface area contributed by atoms with Crippen LogP contribution in [-0.2, 0) is 15.6 Å². The van der Waals surface area contributed by atoms with Crippen LogP contribution < -0.4 is 4.74 Å². The van der Waals surface area contributed by atoms with E-state index in [9.17, 15) is 4.39 Å².